The Morgan fingerprint density at radius 3 is 1.28 bits per heavy atom. The summed E-state index contributed by atoms with van der Waals surface area (Å²) in [5.41, 5.74) is 20.9. The molecule has 0 N–H and O–H groups in total. The second-order valence-corrected chi connectivity index (χ2v) is 37.5. The van der Waals surface area contributed by atoms with Crippen LogP contribution < -0.4 is 0 Å². The molecule has 0 radical (unpaired) electrons. The summed E-state index contributed by atoms with van der Waals surface area (Å²) >= 11 is 3.57. The molecule has 116 heavy (non-hydrogen) atoms. The van der Waals surface area contributed by atoms with E-state index in [1.165, 1.54) is 69.4 Å². The summed E-state index contributed by atoms with van der Waals surface area (Å²) in [7, 11) is 0. The molecule has 5 aromatic carbocycles. The van der Waals surface area contributed by atoms with E-state index >= 15 is 0 Å². The Morgan fingerprint density at radius 2 is 0.724 bits per heavy atom. The fraction of sp³-hybridized carbons (Fsp3) is 0.396. The highest BCUT2D eigenvalue weighted by Gasteiger charge is 2.21. The third-order valence-corrected chi connectivity index (χ3v) is 20.6. The zero-order chi connectivity index (χ0) is 78.6. The third kappa shape index (κ3) is 29.3. The number of benzene rings is 5. The highest BCUT2D eigenvalue weighted by atomic mass is 32.1. The molecule has 0 spiro atoms. The molecule has 0 amide bonds. The van der Waals surface area contributed by atoms with Crippen LogP contribution in [-0.4, -0.2) is 63.9 Å². The molecular formula is C101H143N13S2. The van der Waals surface area contributed by atoms with Gasteiger partial charge in [-0.25, -0.2) is 29.4 Å². The molecule has 13 nitrogen and oxygen atoms in total. The molecule has 11 heterocycles. The number of rotatable bonds is 0. The fourth-order valence-corrected chi connectivity index (χ4v) is 13.0. The van der Waals surface area contributed by atoms with Gasteiger partial charge in [0.15, 0.2) is 5.65 Å². The van der Waals surface area contributed by atoms with Crippen molar-refractivity contribution in [3.8, 4) is 0 Å². The summed E-state index contributed by atoms with van der Waals surface area (Å²) in [6.07, 6.45) is 23.9. The normalized spacial score (nSPS) is 11.2. The van der Waals surface area contributed by atoms with E-state index < -0.39 is 0 Å². The molecule has 0 unspecified atom stereocenters. The molecule has 0 fully saturated rings. The van der Waals surface area contributed by atoms with Gasteiger partial charge in [0.05, 0.1) is 43.3 Å². The molecule has 624 valence electrons. The quantitative estimate of drug-likeness (QED) is 0.143. The molecule has 0 aliphatic carbocycles. The lowest BCUT2D eigenvalue weighted by Crippen LogP contribution is -2.12. The summed E-state index contributed by atoms with van der Waals surface area (Å²) in [5.74, 6) is 0. The van der Waals surface area contributed by atoms with Gasteiger partial charge in [0, 0.05) is 99.3 Å². The second kappa shape index (κ2) is 43.2. The van der Waals surface area contributed by atoms with Gasteiger partial charge in [0.1, 0.15) is 18.3 Å². The van der Waals surface area contributed by atoms with E-state index in [2.05, 4.69) is 359 Å². The lowest BCUT2D eigenvalue weighted by atomic mass is 9.86. The van der Waals surface area contributed by atoms with Crippen LogP contribution in [-0.2, 0) is 43.3 Å². The average Bonchev–Trinajstić information content (AvgIpc) is 1.64. The summed E-state index contributed by atoms with van der Waals surface area (Å²) in [6, 6.07) is 52.9. The molecule has 16 aromatic rings. The fourth-order valence-electron chi connectivity index (χ4n) is 11.2. The number of hydrogen-bond donors (Lipinski definition) is 0. The van der Waals surface area contributed by atoms with E-state index in [1.807, 2.05) is 90.7 Å². The third-order valence-electron chi connectivity index (χ3n) is 18.3. The number of fused-ring (bicyclic) bond motifs is 8. The van der Waals surface area contributed by atoms with Gasteiger partial charge in [-0.15, -0.1) is 22.7 Å². The van der Waals surface area contributed by atoms with E-state index in [-0.39, 0.29) is 103 Å². The molecule has 0 aliphatic rings. The number of imidazole rings is 1. The van der Waals surface area contributed by atoms with Crippen molar-refractivity contribution in [1.82, 2.24) is 63.9 Å². The van der Waals surface area contributed by atoms with Gasteiger partial charge in [-0.05, 0) is 173 Å². The summed E-state index contributed by atoms with van der Waals surface area (Å²) in [5, 5.41) is 8.90. The van der Waals surface area contributed by atoms with E-state index in [1.54, 1.807) is 40.9 Å². The van der Waals surface area contributed by atoms with Crippen molar-refractivity contribution in [3.63, 3.8) is 0 Å². The minimum atomic E-state index is 0. The van der Waals surface area contributed by atoms with Crippen LogP contribution in [0.3, 0.4) is 0 Å². The zero-order valence-electron chi connectivity index (χ0n) is 68.1. The van der Waals surface area contributed by atoms with Crippen molar-refractivity contribution in [2.45, 2.75) is 269 Å². The Balaban J connectivity index is 0.000000657. The molecule has 16 rings (SSSR count). The maximum absolute atomic E-state index is 4.36. The predicted molar refractivity (Wildman–Crippen MR) is 513 cm³/mol. The van der Waals surface area contributed by atoms with Crippen molar-refractivity contribution in [2.75, 3.05) is 0 Å². The predicted octanol–water partition coefficient (Wildman–Crippen LogP) is 29.9. The number of pyridine rings is 5. The number of hydrogen-bond acceptors (Lipinski definition) is 13. The van der Waals surface area contributed by atoms with Gasteiger partial charge in [-0.1, -0.05) is 286 Å². The monoisotopic (exact) mass is 1600 g/mol. The van der Waals surface area contributed by atoms with Crippen LogP contribution >= 0.6 is 22.7 Å². The zero-order valence-corrected chi connectivity index (χ0v) is 69.8. The molecule has 11 aromatic heterocycles. The highest BCUT2D eigenvalue weighted by molar-refractivity contribution is 7.19. The van der Waals surface area contributed by atoms with Gasteiger partial charge in [-0.3, -0.25) is 24.9 Å². The van der Waals surface area contributed by atoms with Crippen LogP contribution in [0.25, 0.3) is 75.3 Å². The van der Waals surface area contributed by atoms with Crippen LogP contribution in [0, 0.1) is 0 Å². The van der Waals surface area contributed by atoms with Crippen LogP contribution in [0.4, 0.5) is 0 Å². The van der Waals surface area contributed by atoms with E-state index in [4.69, 9.17) is 0 Å². The van der Waals surface area contributed by atoms with Crippen molar-refractivity contribution >= 4 is 98.0 Å². The Kier molecular flexibility index (Phi) is 38.7. The van der Waals surface area contributed by atoms with Gasteiger partial charge >= 0.3 is 0 Å². The van der Waals surface area contributed by atoms with E-state index in [0.717, 1.165) is 49.8 Å². The number of aromatic nitrogens is 13. The number of thiophene rings is 1. The molecule has 0 atom stereocenters. The second-order valence-electron chi connectivity index (χ2n) is 35.5. The average molecular weight is 1600 g/mol. The summed E-state index contributed by atoms with van der Waals surface area (Å²) in [4.78, 5) is 43.5. The minimum absolute atomic E-state index is 0. The van der Waals surface area contributed by atoms with Crippen molar-refractivity contribution in [1.29, 1.82) is 0 Å². The summed E-state index contributed by atoms with van der Waals surface area (Å²) < 4.78 is 6.48. The van der Waals surface area contributed by atoms with Crippen molar-refractivity contribution in [2.24, 2.45) is 0 Å². The van der Waals surface area contributed by atoms with Crippen molar-refractivity contribution < 1.29 is 0 Å². The van der Waals surface area contributed by atoms with Crippen LogP contribution in [0.2, 0.25) is 0 Å². The largest absolute Gasteiger partial charge is 0.307 e. The molecule has 0 bridgehead atoms. The Bertz CT molecular complexity index is 4980. The van der Waals surface area contributed by atoms with Gasteiger partial charge in [0.2, 0.25) is 0 Å². The first-order valence-corrected chi connectivity index (χ1v) is 38.8. The maximum Gasteiger partial charge on any atom is 0.155 e. The maximum atomic E-state index is 4.36. The first-order chi connectivity index (χ1) is 50.6. The topological polar surface area (TPSA) is 151 Å². The molecule has 0 saturated carbocycles. The minimum Gasteiger partial charge on any atom is -0.307 e. The SMILES string of the molecule is C.C.C.C.C.C.C.C.CC(C)(C)c1cc2cnccc2s1.CC(C)(C)c1ccc2cccnc2c1.CC(C)(C)c1ccc2ncccc2c1.CC(C)(C)c1ccc2nccn2c1.CC(C)(C)c1ccc2nccnc2c1.CC(C)(C)c1ccc2ncncc2c1.CC(C)(C)c1ccc2ncnn2c1.CC(C)(C)c1ccc2ncsc2c1. The standard InChI is InChI=1S/2C13H15N.2C12H14N2.C11H14N2.2C11H13NS.C10H13N3.8CH4/c1-13(2,3)11-6-7-12-10(9-11)5-4-8-14-12;1-13(2,3)11-7-6-10-5-4-8-14-12(10)9-11;1-12(2,3)10-4-5-11-9(6-10)7-13-8-14-11;1-12(2,3)9-4-5-10-11(8-9)14-7-6-13-10;1-11(2,3)9-4-5-10-12-6-7-13(10)8-9;1-11(2,3)10-6-8-7-12-5-4-9(8)13-10;1-11(2,3)8-4-5-9-10(6-8)13-7-12-9;1-10(2,3)8-4-5-9-11-7-12-13(9)6-8;;;;;;;;/h2*4-9H,1-3H3;2*4-8H,1-3H3;4-8H,1-3H3;3*4-7H,1-3H3;8*1H4. The lowest BCUT2D eigenvalue weighted by Gasteiger charge is -2.19. The van der Waals surface area contributed by atoms with E-state index in [0.29, 0.717) is 0 Å². The van der Waals surface area contributed by atoms with Crippen LogP contribution in [0.1, 0.15) is 269 Å². The van der Waals surface area contributed by atoms with Crippen LogP contribution in [0.15, 0.2) is 238 Å². The van der Waals surface area contributed by atoms with E-state index in [9.17, 15) is 0 Å². The number of thiazole rings is 1. The number of nitrogens with zero attached hydrogens (tertiary/aromatic N) is 13. The Labute approximate surface area is 708 Å². The van der Waals surface area contributed by atoms with Crippen LogP contribution in [0.5, 0.6) is 0 Å². The van der Waals surface area contributed by atoms with Gasteiger partial charge < -0.3 is 4.40 Å². The smallest absolute Gasteiger partial charge is 0.155 e. The molecule has 0 aliphatic heterocycles. The highest BCUT2D eigenvalue weighted by Crippen LogP contribution is 2.35. The van der Waals surface area contributed by atoms with Crippen molar-refractivity contribution in [3.05, 3.63) is 282 Å². The lowest BCUT2D eigenvalue weighted by molar-refractivity contribution is 0.584. The first kappa shape index (κ1) is 104. The molecule has 0 saturated heterocycles. The van der Waals surface area contributed by atoms with Gasteiger partial charge in [-0.2, -0.15) is 5.10 Å². The first-order valence-electron chi connectivity index (χ1n) is 37.1. The molecule has 15 heteroatoms. The summed E-state index contributed by atoms with van der Waals surface area (Å²) in [6.45, 7) is 53.2. The Hall–Kier alpha value is -10.1. The van der Waals surface area contributed by atoms with Gasteiger partial charge in [0.25, 0.3) is 0 Å². The molecular weight excluding hydrogens is 1460 g/mol. The Morgan fingerprint density at radius 1 is 0.276 bits per heavy atom.